The highest BCUT2D eigenvalue weighted by Gasteiger charge is 2.18. The first kappa shape index (κ1) is 12.0. The van der Waals surface area contributed by atoms with Gasteiger partial charge in [-0.3, -0.25) is 0 Å². The number of unbranched alkanes of at least 4 members (excludes halogenated alkanes) is 3. The average Bonchev–Trinajstić information content (AvgIpc) is 2.15. The van der Waals surface area contributed by atoms with Crippen LogP contribution in [0.2, 0.25) is 6.32 Å². The molecule has 0 aromatic heterocycles. The van der Waals surface area contributed by atoms with Crippen LogP contribution in [0.25, 0.3) is 0 Å². The molecule has 1 N–H and O–H groups in total. The molecule has 0 atom stereocenters. The Morgan fingerprint density at radius 2 is 1.79 bits per heavy atom. The lowest BCUT2D eigenvalue weighted by atomic mass is 9.81. The molecule has 1 saturated heterocycles. The molecule has 0 bridgehead atoms. The van der Waals surface area contributed by atoms with E-state index in [4.69, 9.17) is 9.31 Å². The summed E-state index contributed by atoms with van der Waals surface area (Å²) in [5.41, 5.74) is 0. The van der Waals surface area contributed by atoms with Gasteiger partial charge in [0.25, 0.3) is 0 Å². The molecule has 0 radical (unpaired) electrons. The third kappa shape index (κ3) is 5.63. The van der Waals surface area contributed by atoms with Crippen molar-refractivity contribution in [1.82, 2.24) is 5.32 Å². The van der Waals surface area contributed by atoms with Crippen molar-refractivity contribution in [2.75, 3.05) is 26.3 Å². The lowest BCUT2D eigenvalue weighted by Crippen LogP contribution is -2.35. The highest BCUT2D eigenvalue weighted by molar-refractivity contribution is 6.44. The molecule has 0 unspecified atom stereocenters. The van der Waals surface area contributed by atoms with Crippen LogP contribution in [0, 0.1) is 0 Å². The van der Waals surface area contributed by atoms with Crippen molar-refractivity contribution in [2.45, 2.75) is 38.9 Å². The first-order valence-electron chi connectivity index (χ1n) is 5.87. The molecule has 0 aromatic carbocycles. The van der Waals surface area contributed by atoms with E-state index in [1.807, 2.05) is 0 Å². The predicted octanol–water partition coefficient (Wildman–Crippen LogP) is 1.69. The van der Waals surface area contributed by atoms with Gasteiger partial charge < -0.3 is 14.6 Å². The van der Waals surface area contributed by atoms with Crippen LogP contribution < -0.4 is 5.32 Å². The quantitative estimate of drug-likeness (QED) is 0.539. The van der Waals surface area contributed by atoms with Gasteiger partial charge in [0, 0.05) is 26.3 Å². The maximum absolute atomic E-state index is 5.58. The smallest absolute Gasteiger partial charge is 0.410 e. The Hall–Kier alpha value is -0.0551. The second-order valence-corrected chi connectivity index (χ2v) is 3.77. The molecular weight excluding hydrogens is 177 g/mol. The first-order valence-corrected chi connectivity index (χ1v) is 5.87. The van der Waals surface area contributed by atoms with Crippen LogP contribution in [-0.4, -0.2) is 33.4 Å². The fraction of sp³-hybridized carbons (Fsp3) is 1.00. The molecule has 0 spiro atoms. The van der Waals surface area contributed by atoms with E-state index in [1.54, 1.807) is 0 Å². The van der Waals surface area contributed by atoms with Crippen LogP contribution in [0.3, 0.4) is 0 Å². The van der Waals surface area contributed by atoms with Crippen molar-refractivity contribution in [3.63, 3.8) is 0 Å². The van der Waals surface area contributed by atoms with E-state index < -0.39 is 0 Å². The van der Waals surface area contributed by atoms with Crippen LogP contribution in [0.4, 0.5) is 0 Å². The van der Waals surface area contributed by atoms with Gasteiger partial charge in [0.15, 0.2) is 0 Å². The van der Waals surface area contributed by atoms with Gasteiger partial charge in [0.2, 0.25) is 0 Å². The summed E-state index contributed by atoms with van der Waals surface area (Å²) in [7, 11) is 0.0500. The lowest BCUT2D eigenvalue weighted by molar-refractivity contribution is 0.176. The summed E-state index contributed by atoms with van der Waals surface area (Å²) in [6.45, 7) is 5.69. The van der Waals surface area contributed by atoms with E-state index in [0.717, 1.165) is 32.6 Å². The Bertz CT molecular complexity index is 127. The van der Waals surface area contributed by atoms with Gasteiger partial charge in [-0.1, -0.05) is 32.6 Å². The van der Waals surface area contributed by atoms with Gasteiger partial charge in [-0.05, 0) is 6.32 Å². The lowest BCUT2D eigenvalue weighted by Gasteiger charge is -2.18. The molecule has 0 aromatic rings. The molecule has 0 aliphatic carbocycles. The zero-order valence-electron chi connectivity index (χ0n) is 9.26. The first-order chi connectivity index (χ1) is 6.93. The summed E-state index contributed by atoms with van der Waals surface area (Å²) in [4.78, 5) is 0. The molecule has 4 heteroatoms. The van der Waals surface area contributed by atoms with E-state index in [-0.39, 0.29) is 7.12 Å². The highest BCUT2D eigenvalue weighted by Crippen LogP contribution is 2.08. The minimum absolute atomic E-state index is 0.0500. The topological polar surface area (TPSA) is 30.5 Å². The molecule has 0 amide bonds. The Kier molecular flexibility index (Phi) is 7.10. The minimum atomic E-state index is 0.0500. The Balaban J connectivity index is 2.02. The molecule has 14 heavy (non-hydrogen) atoms. The molecule has 1 fully saturated rings. The summed E-state index contributed by atoms with van der Waals surface area (Å²) in [5.74, 6) is 0. The molecule has 82 valence electrons. The second kappa shape index (κ2) is 8.27. The molecule has 3 nitrogen and oxygen atoms in total. The van der Waals surface area contributed by atoms with Gasteiger partial charge in [-0.25, -0.2) is 0 Å². The summed E-state index contributed by atoms with van der Waals surface area (Å²) < 4.78 is 11.2. The van der Waals surface area contributed by atoms with E-state index in [0.29, 0.717) is 0 Å². The van der Waals surface area contributed by atoms with Crippen LogP contribution in [0.1, 0.15) is 32.6 Å². The zero-order chi connectivity index (χ0) is 10.1. The maximum Gasteiger partial charge on any atom is 0.456 e. The van der Waals surface area contributed by atoms with Crippen LogP contribution in [-0.2, 0) is 9.31 Å². The van der Waals surface area contributed by atoms with Crippen molar-refractivity contribution in [2.24, 2.45) is 0 Å². The summed E-state index contributed by atoms with van der Waals surface area (Å²) in [6, 6.07) is 0. The van der Waals surface area contributed by atoms with Gasteiger partial charge in [0.1, 0.15) is 0 Å². The third-order valence-corrected chi connectivity index (χ3v) is 2.46. The second-order valence-electron chi connectivity index (χ2n) is 3.77. The molecule has 0 saturated carbocycles. The van der Waals surface area contributed by atoms with E-state index in [1.165, 1.54) is 25.7 Å². The van der Waals surface area contributed by atoms with Crippen LogP contribution >= 0.6 is 0 Å². The number of nitrogens with one attached hydrogen (secondary N) is 1. The van der Waals surface area contributed by atoms with Gasteiger partial charge in [0.05, 0.1) is 0 Å². The van der Waals surface area contributed by atoms with Crippen molar-refractivity contribution < 1.29 is 9.31 Å². The van der Waals surface area contributed by atoms with E-state index >= 15 is 0 Å². The summed E-state index contributed by atoms with van der Waals surface area (Å²) in [6.07, 6.45) is 6.20. The molecule has 1 aliphatic heterocycles. The zero-order valence-corrected chi connectivity index (χ0v) is 9.26. The Labute approximate surface area is 87.7 Å². The van der Waals surface area contributed by atoms with Crippen molar-refractivity contribution in [3.8, 4) is 0 Å². The largest absolute Gasteiger partial charge is 0.456 e. The van der Waals surface area contributed by atoms with Crippen molar-refractivity contribution >= 4 is 7.12 Å². The minimum Gasteiger partial charge on any atom is -0.410 e. The molecule has 1 rings (SSSR count). The van der Waals surface area contributed by atoms with Gasteiger partial charge in [-0.2, -0.15) is 0 Å². The maximum atomic E-state index is 5.58. The third-order valence-electron chi connectivity index (χ3n) is 2.46. The summed E-state index contributed by atoms with van der Waals surface area (Å²) in [5, 5.41) is 3.23. The molecular formula is C10H22BNO2. The SMILES string of the molecule is CCCCCCB1OCCNCCO1. The monoisotopic (exact) mass is 199 g/mol. The highest BCUT2D eigenvalue weighted by atomic mass is 16.6. The normalized spacial score (nSPS) is 19.1. The number of rotatable bonds is 5. The van der Waals surface area contributed by atoms with Gasteiger partial charge >= 0.3 is 7.12 Å². The van der Waals surface area contributed by atoms with Gasteiger partial charge in [-0.15, -0.1) is 0 Å². The Morgan fingerprint density at radius 3 is 2.43 bits per heavy atom. The average molecular weight is 199 g/mol. The van der Waals surface area contributed by atoms with E-state index in [9.17, 15) is 0 Å². The van der Waals surface area contributed by atoms with Crippen LogP contribution in [0.15, 0.2) is 0 Å². The molecule has 1 heterocycles. The van der Waals surface area contributed by atoms with Crippen molar-refractivity contribution in [1.29, 1.82) is 0 Å². The Morgan fingerprint density at radius 1 is 1.07 bits per heavy atom. The molecule has 1 aliphatic rings. The van der Waals surface area contributed by atoms with Crippen molar-refractivity contribution in [3.05, 3.63) is 0 Å². The summed E-state index contributed by atoms with van der Waals surface area (Å²) >= 11 is 0. The van der Waals surface area contributed by atoms with Crippen LogP contribution in [0.5, 0.6) is 0 Å². The standard InChI is InChI=1S/C10H22BNO2/c1-2-3-4-5-6-11-13-9-7-12-8-10-14-11/h12H,2-10H2,1H3. The van der Waals surface area contributed by atoms with E-state index in [2.05, 4.69) is 12.2 Å². The fourth-order valence-electron chi connectivity index (χ4n) is 1.60. The number of hydrogen-bond acceptors (Lipinski definition) is 3. The fourth-order valence-corrected chi connectivity index (χ4v) is 1.60. The number of hydrogen-bond donors (Lipinski definition) is 1. The predicted molar refractivity (Wildman–Crippen MR) is 59.5 cm³/mol.